The normalized spacial score (nSPS) is 15.6. The number of thiophene rings is 1. The summed E-state index contributed by atoms with van der Waals surface area (Å²) in [7, 11) is 0. The first kappa shape index (κ1) is 21.7. The molecule has 2 N–H and O–H groups in total. The summed E-state index contributed by atoms with van der Waals surface area (Å²) in [6, 6.07) is 5.05. The Morgan fingerprint density at radius 1 is 1.32 bits per heavy atom. The van der Waals surface area contributed by atoms with Gasteiger partial charge in [-0.15, -0.1) is 23.7 Å². The molecule has 3 aromatic rings. The Morgan fingerprint density at radius 3 is 2.74 bits per heavy atom. The number of pyridine rings is 1. The van der Waals surface area contributed by atoms with Gasteiger partial charge in [-0.3, -0.25) is 4.79 Å². The maximum Gasteiger partial charge on any atom is 0.387 e. The first-order chi connectivity index (χ1) is 14.4. The van der Waals surface area contributed by atoms with Crippen molar-refractivity contribution in [1.29, 1.82) is 0 Å². The molecule has 6 nitrogen and oxygen atoms in total. The zero-order valence-electron chi connectivity index (χ0n) is 16.2. The van der Waals surface area contributed by atoms with E-state index >= 15 is 0 Å². The molecular formula is C21H19ClF2N2O4S. The number of halogens is 3. The van der Waals surface area contributed by atoms with Crippen molar-refractivity contribution in [2.45, 2.75) is 38.5 Å². The van der Waals surface area contributed by atoms with Gasteiger partial charge in [0.1, 0.15) is 5.56 Å². The summed E-state index contributed by atoms with van der Waals surface area (Å²) >= 11 is 1.51. The Hall–Kier alpha value is -2.49. The number of rotatable bonds is 5. The zero-order chi connectivity index (χ0) is 21.0. The van der Waals surface area contributed by atoms with Crippen molar-refractivity contribution in [3.05, 3.63) is 50.6 Å². The van der Waals surface area contributed by atoms with Crippen molar-refractivity contribution < 1.29 is 23.4 Å². The van der Waals surface area contributed by atoms with Crippen LogP contribution in [0.5, 0.6) is 5.75 Å². The molecule has 0 radical (unpaired) electrons. The second kappa shape index (κ2) is 8.22. The minimum absolute atomic E-state index is 0. The highest BCUT2D eigenvalue weighted by atomic mass is 35.5. The van der Waals surface area contributed by atoms with E-state index in [0.29, 0.717) is 5.56 Å². The quantitative estimate of drug-likeness (QED) is 0.579. The van der Waals surface area contributed by atoms with Crippen LogP contribution in [-0.2, 0) is 13.0 Å². The molecule has 1 aromatic carbocycles. The molecule has 1 aliphatic heterocycles. The SMILES string of the molecule is Cl.O=C(O)c1cn(C2CC2)c2c(OC(F)F)c(-c3cc4c(s3)CNCC4)ccc2c1=O. The van der Waals surface area contributed by atoms with Gasteiger partial charge in [-0.1, -0.05) is 0 Å². The molecule has 10 heteroatoms. The second-order valence-corrected chi connectivity index (χ2v) is 8.66. The number of aromatic nitrogens is 1. The molecule has 0 saturated heterocycles. The maximum atomic E-state index is 13.4. The number of hydrogen-bond donors (Lipinski definition) is 2. The van der Waals surface area contributed by atoms with Gasteiger partial charge in [-0.2, -0.15) is 8.78 Å². The summed E-state index contributed by atoms with van der Waals surface area (Å²) < 4.78 is 33.4. The number of ether oxygens (including phenoxy) is 1. The van der Waals surface area contributed by atoms with Crippen LogP contribution in [0.3, 0.4) is 0 Å². The molecule has 31 heavy (non-hydrogen) atoms. The summed E-state index contributed by atoms with van der Waals surface area (Å²) in [4.78, 5) is 26.3. The molecule has 2 aromatic heterocycles. The van der Waals surface area contributed by atoms with E-state index in [2.05, 4.69) is 5.32 Å². The van der Waals surface area contributed by atoms with Crippen LogP contribution < -0.4 is 15.5 Å². The Balaban J connectivity index is 0.00000231. The molecule has 0 amide bonds. The predicted octanol–water partition coefficient (Wildman–Crippen LogP) is 4.43. The van der Waals surface area contributed by atoms with E-state index in [0.717, 1.165) is 42.1 Å². The topological polar surface area (TPSA) is 80.6 Å². The second-order valence-electron chi connectivity index (χ2n) is 7.52. The highest BCUT2D eigenvalue weighted by Crippen LogP contribution is 2.45. The lowest BCUT2D eigenvalue weighted by atomic mass is 10.0. The molecule has 0 unspecified atom stereocenters. The monoisotopic (exact) mass is 468 g/mol. The Bertz CT molecular complexity index is 1210. The minimum atomic E-state index is -3.08. The number of benzene rings is 1. The predicted molar refractivity (Wildman–Crippen MR) is 116 cm³/mol. The summed E-state index contributed by atoms with van der Waals surface area (Å²) in [6.45, 7) is -1.49. The number of nitrogens with zero attached hydrogens (tertiary/aromatic N) is 1. The number of alkyl halides is 2. The molecule has 2 aliphatic rings. The number of fused-ring (bicyclic) bond motifs is 2. The lowest BCUT2D eigenvalue weighted by molar-refractivity contribution is -0.0486. The van der Waals surface area contributed by atoms with E-state index < -0.39 is 18.0 Å². The van der Waals surface area contributed by atoms with Crippen molar-refractivity contribution in [2.75, 3.05) is 6.54 Å². The van der Waals surface area contributed by atoms with E-state index in [1.54, 1.807) is 10.6 Å². The van der Waals surface area contributed by atoms with Crippen LogP contribution in [0, 0.1) is 0 Å². The number of hydrogen-bond acceptors (Lipinski definition) is 5. The number of carbonyl (C=O) groups is 1. The fourth-order valence-electron chi connectivity index (χ4n) is 4.00. The van der Waals surface area contributed by atoms with E-state index in [9.17, 15) is 23.5 Å². The number of nitrogens with one attached hydrogen (secondary N) is 1. The van der Waals surface area contributed by atoms with Crippen LogP contribution in [0.25, 0.3) is 21.3 Å². The Morgan fingerprint density at radius 2 is 2.10 bits per heavy atom. The smallest absolute Gasteiger partial charge is 0.387 e. The van der Waals surface area contributed by atoms with Crippen molar-refractivity contribution >= 4 is 40.6 Å². The zero-order valence-corrected chi connectivity index (χ0v) is 17.8. The highest BCUT2D eigenvalue weighted by Gasteiger charge is 2.30. The summed E-state index contributed by atoms with van der Waals surface area (Å²) in [5, 5.41) is 12.8. The van der Waals surface area contributed by atoms with Crippen LogP contribution in [-0.4, -0.2) is 28.8 Å². The standard InChI is InChI=1S/C21H18F2N2O4S.ClH/c22-21(23)29-19-12(15-7-10-5-6-24-8-16(10)30-15)3-4-13-17(19)25(11-1-2-11)9-14(18(13)26)20(27)28;/h3-4,7,9,11,21,24H,1-2,5-6,8H2,(H,27,28);1H. The maximum absolute atomic E-state index is 13.4. The van der Waals surface area contributed by atoms with Crippen molar-refractivity contribution in [3.63, 3.8) is 0 Å². The number of carboxylic acids is 1. The average molecular weight is 469 g/mol. The molecule has 164 valence electrons. The van der Waals surface area contributed by atoms with Crippen molar-refractivity contribution in [3.8, 4) is 16.2 Å². The van der Waals surface area contributed by atoms with Crippen LogP contribution in [0.4, 0.5) is 8.78 Å². The Labute approximate surface area is 185 Å². The summed E-state index contributed by atoms with van der Waals surface area (Å²) in [6.07, 6.45) is 3.69. The minimum Gasteiger partial charge on any atom is -0.477 e. The molecule has 1 saturated carbocycles. The molecule has 0 atom stereocenters. The van der Waals surface area contributed by atoms with E-state index in [4.69, 9.17) is 4.74 Å². The molecule has 1 fully saturated rings. The number of aromatic carboxylic acids is 1. The van der Waals surface area contributed by atoms with Gasteiger partial charge >= 0.3 is 12.6 Å². The van der Waals surface area contributed by atoms with Gasteiger partial charge in [-0.25, -0.2) is 4.79 Å². The van der Waals surface area contributed by atoms with Gasteiger partial charge in [0, 0.05) is 34.1 Å². The van der Waals surface area contributed by atoms with Gasteiger partial charge in [-0.05, 0) is 49.6 Å². The van der Waals surface area contributed by atoms with E-state index in [-0.39, 0.29) is 40.7 Å². The van der Waals surface area contributed by atoms with Gasteiger partial charge < -0.3 is 19.7 Å². The third kappa shape index (κ3) is 3.81. The van der Waals surface area contributed by atoms with Gasteiger partial charge in [0.05, 0.1) is 10.9 Å². The third-order valence-corrected chi connectivity index (χ3v) is 6.75. The molecule has 1 aliphatic carbocycles. The molecule has 0 bridgehead atoms. The first-order valence-corrected chi connectivity index (χ1v) is 10.5. The Kier molecular flexibility index (Phi) is 5.76. The van der Waals surface area contributed by atoms with Gasteiger partial charge in [0.25, 0.3) is 0 Å². The highest BCUT2D eigenvalue weighted by molar-refractivity contribution is 7.15. The van der Waals surface area contributed by atoms with Crippen LogP contribution in [0.1, 0.15) is 39.7 Å². The van der Waals surface area contributed by atoms with Crippen LogP contribution in [0.2, 0.25) is 0 Å². The summed E-state index contributed by atoms with van der Waals surface area (Å²) in [5.41, 5.74) is 0.823. The molecule has 0 spiro atoms. The van der Waals surface area contributed by atoms with Gasteiger partial charge in [0.2, 0.25) is 5.43 Å². The first-order valence-electron chi connectivity index (χ1n) is 9.66. The lowest BCUT2D eigenvalue weighted by Crippen LogP contribution is -2.21. The largest absolute Gasteiger partial charge is 0.477 e. The van der Waals surface area contributed by atoms with Crippen LogP contribution >= 0.6 is 23.7 Å². The molecule has 3 heterocycles. The fourth-order valence-corrected chi connectivity index (χ4v) is 5.20. The molecule has 5 rings (SSSR count). The number of carboxylic acid groups (broad SMARTS) is 1. The van der Waals surface area contributed by atoms with Gasteiger partial charge in [0.15, 0.2) is 5.75 Å². The third-order valence-electron chi connectivity index (χ3n) is 5.54. The van der Waals surface area contributed by atoms with Crippen molar-refractivity contribution in [1.82, 2.24) is 9.88 Å². The summed E-state index contributed by atoms with van der Waals surface area (Å²) in [5.74, 6) is -1.41. The fraction of sp³-hybridized carbons (Fsp3) is 0.333. The van der Waals surface area contributed by atoms with Crippen molar-refractivity contribution in [2.24, 2.45) is 0 Å². The van der Waals surface area contributed by atoms with E-state index in [1.165, 1.54) is 29.2 Å². The van der Waals surface area contributed by atoms with Crippen LogP contribution in [0.15, 0.2) is 29.2 Å². The molecular weight excluding hydrogens is 450 g/mol. The van der Waals surface area contributed by atoms with E-state index in [1.807, 2.05) is 6.07 Å². The average Bonchev–Trinajstić information content (AvgIpc) is 3.46. The lowest BCUT2D eigenvalue weighted by Gasteiger charge is -2.18.